The summed E-state index contributed by atoms with van der Waals surface area (Å²) in [6, 6.07) is 6.88. The predicted molar refractivity (Wildman–Crippen MR) is 66.3 cm³/mol. The Morgan fingerprint density at radius 3 is 2.84 bits per heavy atom. The predicted octanol–water partition coefficient (Wildman–Crippen LogP) is 1.16. The molecule has 2 aromatic heterocycles. The Hall–Kier alpha value is -2.54. The molecule has 2 aromatic rings. The van der Waals surface area contributed by atoms with Crippen molar-refractivity contribution in [3.63, 3.8) is 0 Å². The number of nitrogens with one attached hydrogen (secondary N) is 1. The molecule has 6 nitrogen and oxygen atoms in total. The summed E-state index contributed by atoms with van der Waals surface area (Å²) in [5.41, 5.74) is 7.84. The summed E-state index contributed by atoms with van der Waals surface area (Å²) in [6.07, 6.45) is 0. The fourth-order valence-electron chi connectivity index (χ4n) is 1.46. The summed E-state index contributed by atoms with van der Waals surface area (Å²) in [4.78, 5) is 23.5. The van der Waals surface area contributed by atoms with Crippen molar-refractivity contribution >= 4 is 11.7 Å². The van der Waals surface area contributed by atoms with Crippen molar-refractivity contribution in [2.45, 2.75) is 0 Å². The highest BCUT2D eigenvalue weighted by Crippen LogP contribution is 2.18. The van der Waals surface area contributed by atoms with E-state index in [4.69, 9.17) is 9.85 Å². The largest absolute Gasteiger partial charge is 0.383 e. The average molecular weight is 265 g/mol. The number of amides is 1. The molecule has 0 unspecified atom stereocenters. The number of hydrogen-bond acceptors (Lipinski definition) is 5. The number of rotatable bonds is 3. The molecule has 0 aromatic carbocycles. The van der Waals surface area contributed by atoms with Crippen molar-refractivity contribution in [2.24, 2.45) is 0 Å². The van der Waals surface area contributed by atoms with Crippen LogP contribution in [0.4, 0.5) is 10.2 Å². The highest BCUT2D eigenvalue weighted by atomic mass is 19.1. The van der Waals surface area contributed by atoms with Gasteiger partial charge in [0.05, 0.1) is 28.1 Å². The molecule has 0 spiro atoms. The molecule has 98 valence electrons. The number of halogens is 1. The summed E-state index contributed by atoms with van der Waals surface area (Å²) in [7, 11) is -2.77. The van der Waals surface area contributed by atoms with Crippen LogP contribution in [0, 0.1) is 5.95 Å². The fraction of sp³-hybridized carbons (Fsp3) is 0.0833. The molecule has 0 fully saturated rings. The zero-order valence-corrected chi connectivity index (χ0v) is 9.55. The molecule has 19 heavy (non-hydrogen) atoms. The van der Waals surface area contributed by atoms with E-state index >= 15 is 0 Å². The van der Waals surface area contributed by atoms with Crippen LogP contribution in [0.3, 0.4) is 0 Å². The van der Waals surface area contributed by atoms with Gasteiger partial charge < -0.3 is 5.73 Å². The van der Waals surface area contributed by atoms with Crippen LogP contribution in [0.25, 0.3) is 11.4 Å². The lowest BCUT2D eigenvalue weighted by Crippen LogP contribution is -2.23. The third-order valence-corrected chi connectivity index (χ3v) is 2.29. The minimum absolute atomic E-state index is 0.0793. The number of hydrogen-bond donors (Lipinski definition) is 2. The SMILES string of the molecule is [2H]C([2H])([2H])ONC(=O)c1ccc(-c2cccc(F)n2)nc1N. The number of anilines is 1. The van der Waals surface area contributed by atoms with Crippen LogP contribution in [0.5, 0.6) is 0 Å². The molecule has 0 radical (unpaired) electrons. The second kappa shape index (κ2) is 5.40. The van der Waals surface area contributed by atoms with Gasteiger partial charge in [-0.1, -0.05) is 6.07 Å². The molecule has 1 amide bonds. The molecule has 0 aliphatic heterocycles. The second-order valence-corrected chi connectivity index (χ2v) is 3.51. The number of carbonyl (C=O) groups is 1. The van der Waals surface area contributed by atoms with Crippen molar-refractivity contribution < 1.29 is 18.1 Å². The minimum atomic E-state index is -2.77. The topological polar surface area (TPSA) is 90.1 Å². The lowest BCUT2D eigenvalue weighted by atomic mass is 10.2. The third kappa shape index (κ3) is 2.83. The van der Waals surface area contributed by atoms with E-state index in [1.54, 1.807) is 5.48 Å². The second-order valence-electron chi connectivity index (χ2n) is 3.51. The van der Waals surface area contributed by atoms with E-state index in [1.165, 1.54) is 30.3 Å². The summed E-state index contributed by atoms with van der Waals surface area (Å²) in [5.74, 6) is -1.71. The first-order valence-corrected chi connectivity index (χ1v) is 5.14. The van der Waals surface area contributed by atoms with Gasteiger partial charge in [0.2, 0.25) is 5.95 Å². The molecule has 0 aliphatic rings. The standard InChI is InChI=1S/C12H11FN4O2/c1-19-17-12(18)7-5-6-9(16-11(7)14)8-3-2-4-10(13)15-8/h2-6H,1H3,(H2,14,16)(H,17,18)/i1D3. The fourth-order valence-corrected chi connectivity index (χ4v) is 1.46. The number of nitrogens with zero attached hydrogens (tertiary/aromatic N) is 2. The maximum absolute atomic E-state index is 13.1. The van der Waals surface area contributed by atoms with Gasteiger partial charge in [-0.3, -0.25) is 9.63 Å². The number of nitrogens with two attached hydrogens (primary N) is 1. The van der Waals surface area contributed by atoms with Gasteiger partial charge in [0, 0.05) is 0 Å². The van der Waals surface area contributed by atoms with Crippen LogP contribution in [0.15, 0.2) is 30.3 Å². The van der Waals surface area contributed by atoms with Crippen LogP contribution in [0.1, 0.15) is 14.5 Å². The molecule has 3 N–H and O–H groups in total. The van der Waals surface area contributed by atoms with Crippen LogP contribution in [-0.2, 0) is 4.84 Å². The lowest BCUT2D eigenvalue weighted by Gasteiger charge is -2.06. The highest BCUT2D eigenvalue weighted by Gasteiger charge is 2.12. The lowest BCUT2D eigenvalue weighted by molar-refractivity contribution is 0.0538. The summed E-state index contributed by atoms with van der Waals surface area (Å²) < 4.78 is 33.5. The molecular formula is C12H11FN4O2. The summed E-state index contributed by atoms with van der Waals surface area (Å²) >= 11 is 0. The van der Waals surface area contributed by atoms with Crippen LogP contribution in [0.2, 0.25) is 0 Å². The molecule has 2 rings (SSSR count). The first kappa shape index (κ1) is 9.40. The average Bonchev–Trinajstić information content (AvgIpc) is 2.44. The van der Waals surface area contributed by atoms with E-state index in [9.17, 15) is 9.18 Å². The van der Waals surface area contributed by atoms with E-state index in [2.05, 4.69) is 14.8 Å². The van der Waals surface area contributed by atoms with Crippen molar-refractivity contribution in [2.75, 3.05) is 12.8 Å². The number of hydroxylamine groups is 1. The van der Waals surface area contributed by atoms with Crippen molar-refractivity contribution in [1.29, 1.82) is 0 Å². The Kier molecular flexibility index (Phi) is 2.67. The zero-order valence-electron chi connectivity index (χ0n) is 12.6. The Morgan fingerprint density at radius 2 is 2.16 bits per heavy atom. The Bertz CT molecular complexity index is 709. The minimum Gasteiger partial charge on any atom is -0.383 e. The highest BCUT2D eigenvalue weighted by molar-refractivity contribution is 5.98. The first-order chi connectivity index (χ1) is 10.3. The summed E-state index contributed by atoms with van der Waals surface area (Å²) in [6.45, 7) is 0. The van der Waals surface area contributed by atoms with Gasteiger partial charge in [-0.25, -0.2) is 15.4 Å². The number of aromatic nitrogens is 2. The van der Waals surface area contributed by atoms with Gasteiger partial charge in [0.25, 0.3) is 5.91 Å². The molecular weight excluding hydrogens is 251 g/mol. The zero-order chi connectivity index (χ0) is 16.3. The van der Waals surface area contributed by atoms with Gasteiger partial charge in [0.1, 0.15) is 5.82 Å². The Balaban J connectivity index is 2.21. The Labute approximate surface area is 112 Å². The van der Waals surface area contributed by atoms with E-state index in [-0.39, 0.29) is 22.8 Å². The van der Waals surface area contributed by atoms with Gasteiger partial charge in [-0.05, 0) is 24.3 Å². The first-order valence-electron chi connectivity index (χ1n) is 6.64. The third-order valence-electron chi connectivity index (χ3n) is 2.29. The maximum Gasteiger partial charge on any atom is 0.278 e. The molecule has 2 heterocycles. The van der Waals surface area contributed by atoms with Crippen LogP contribution < -0.4 is 11.2 Å². The van der Waals surface area contributed by atoms with Crippen molar-refractivity contribution in [3.8, 4) is 11.4 Å². The van der Waals surface area contributed by atoms with E-state index < -0.39 is 18.9 Å². The smallest absolute Gasteiger partial charge is 0.278 e. The molecule has 0 aliphatic carbocycles. The van der Waals surface area contributed by atoms with Gasteiger partial charge in [0.15, 0.2) is 0 Å². The maximum atomic E-state index is 13.1. The number of nitrogen functional groups attached to an aromatic ring is 1. The van der Waals surface area contributed by atoms with Gasteiger partial charge in [-0.2, -0.15) is 4.39 Å². The molecule has 0 saturated heterocycles. The quantitative estimate of drug-likeness (QED) is 0.642. The number of pyridine rings is 2. The van der Waals surface area contributed by atoms with Crippen LogP contribution >= 0.6 is 0 Å². The molecule has 0 saturated carbocycles. The van der Waals surface area contributed by atoms with Crippen molar-refractivity contribution in [1.82, 2.24) is 15.4 Å². The number of carbonyl (C=O) groups excluding carboxylic acids is 1. The molecule has 0 bridgehead atoms. The van der Waals surface area contributed by atoms with Gasteiger partial charge in [-0.15, -0.1) is 0 Å². The van der Waals surface area contributed by atoms with Gasteiger partial charge >= 0.3 is 0 Å². The van der Waals surface area contributed by atoms with E-state index in [1.807, 2.05) is 0 Å². The van der Waals surface area contributed by atoms with E-state index in [0.717, 1.165) is 0 Å². The molecule has 0 atom stereocenters. The van der Waals surface area contributed by atoms with Crippen molar-refractivity contribution in [3.05, 3.63) is 41.8 Å². The van der Waals surface area contributed by atoms with Crippen LogP contribution in [-0.4, -0.2) is 22.9 Å². The molecule has 7 heteroatoms. The monoisotopic (exact) mass is 265 g/mol. The normalized spacial score (nSPS) is 13.2. The summed E-state index contributed by atoms with van der Waals surface area (Å²) in [5, 5.41) is 0. The van der Waals surface area contributed by atoms with E-state index in [0.29, 0.717) is 0 Å². The Morgan fingerprint density at radius 1 is 1.37 bits per heavy atom.